The van der Waals surface area contributed by atoms with Crippen LogP contribution in [0.25, 0.3) is 0 Å². The predicted octanol–water partition coefficient (Wildman–Crippen LogP) is 3.54. The van der Waals surface area contributed by atoms with E-state index < -0.39 is 0 Å². The molecule has 0 aliphatic rings. The lowest BCUT2D eigenvalue weighted by molar-refractivity contribution is 0.102. The van der Waals surface area contributed by atoms with E-state index in [1.165, 1.54) is 0 Å². The van der Waals surface area contributed by atoms with Crippen molar-refractivity contribution in [3.63, 3.8) is 0 Å². The Morgan fingerprint density at radius 3 is 2.68 bits per heavy atom. The van der Waals surface area contributed by atoms with Crippen molar-refractivity contribution in [2.45, 2.75) is 20.8 Å². The second kappa shape index (κ2) is 7.22. The van der Waals surface area contributed by atoms with Gasteiger partial charge < -0.3 is 10.2 Å². The van der Waals surface area contributed by atoms with Gasteiger partial charge in [-0.1, -0.05) is 17.7 Å². The molecule has 0 atom stereocenters. The molecule has 0 aliphatic heterocycles. The lowest BCUT2D eigenvalue weighted by Crippen LogP contribution is -2.25. The first-order chi connectivity index (χ1) is 10.5. The summed E-state index contributed by atoms with van der Waals surface area (Å²) < 4.78 is 0. The van der Waals surface area contributed by atoms with Crippen LogP contribution in [0.1, 0.15) is 29.9 Å². The minimum Gasteiger partial charge on any atom is -0.341 e. The highest BCUT2D eigenvalue weighted by atomic mass is 35.5. The molecule has 1 heterocycles. The average molecular weight is 319 g/mol. The molecule has 0 saturated carbocycles. The van der Waals surface area contributed by atoms with Crippen molar-refractivity contribution in [2.24, 2.45) is 0 Å². The summed E-state index contributed by atoms with van der Waals surface area (Å²) in [4.78, 5) is 22.9. The first-order valence-corrected chi connectivity index (χ1v) is 7.58. The number of benzene rings is 1. The Morgan fingerprint density at radius 1 is 1.27 bits per heavy atom. The first-order valence-electron chi connectivity index (χ1n) is 7.20. The summed E-state index contributed by atoms with van der Waals surface area (Å²) >= 11 is 5.97. The minimum atomic E-state index is -0.277. The summed E-state index contributed by atoms with van der Waals surface area (Å²) in [5.74, 6) is 0.279. The van der Waals surface area contributed by atoms with Gasteiger partial charge in [-0.25, -0.2) is 9.97 Å². The number of nitrogens with zero attached hydrogens (tertiary/aromatic N) is 3. The zero-order valence-electron chi connectivity index (χ0n) is 12.9. The molecule has 1 amide bonds. The second-order valence-corrected chi connectivity index (χ2v) is 5.26. The Bertz CT molecular complexity index is 671. The van der Waals surface area contributed by atoms with Crippen LogP contribution in [-0.4, -0.2) is 29.0 Å². The van der Waals surface area contributed by atoms with Gasteiger partial charge in [0.2, 0.25) is 5.95 Å². The number of nitrogens with one attached hydrogen (secondary N) is 1. The van der Waals surface area contributed by atoms with E-state index in [0.717, 1.165) is 18.7 Å². The maximum absolute atomic E-state index is 12.4. The zero-order chi connectivity index (χ0) is 16.1. The number of carbonyl (C=O) groups is 1. The summed E-state index contributed by atoms with van der Waals surface area (Å²) in [6.45, 7) is 7.53. The molecule has 1 aromatic heterocycles. The van der Waals surface area contributed by atoms with Gasteiger partial charge >= 0.3 is 0 Å². The van der Waals surface area contributed by atoms with Crippen LogP contribution in [0.5, 0.6) is 0 Å². The molecule has 0 fully saturated rings. The fraction of sp³-hybridized carbons (Fsp3) is 0.312. The molecule has 2 aromatic rings. The molecule has 5 nitrogen and oxygen atoms in total. The van der Waals surface area contributed by atoms with Crippen LogP contribution in [0.15, 0.2) is 30.5 Å². The van der Waals surface area contributed by atoms with Gasteiger partial charge in [0.15, 0.2) is 0 Å². The van der Waals surface area contributed by atoms with Gasteiger partial charge in [-0.05, 0) is 44.5 Å². The van der Waals surface area contributed by atoms with Gasteiger partial charge in [0, 0.05) is 30.0 Å². The minimum absolute atomic E-state index is 0.277. The second-order valence-electron chi connectivity index (χ2n) is 4.83. The molecule has 0 saturated heterocycles. The number of halogens is 1. The highest BCUT2D eigenvalue weighted by Crippen LogP contribution is 2.20. The molecule has 116 valence electrons. The van der Waals surface area contributed by atoms with Crippen molar-refractivity contribution in [1.29, 1.82) is 0 Å². The lowest BCUT2D eigenvalue weighted by Gasteiger charge is -2.18. The van der Waals surface area contributed by atoms with Gasteiger partial charge in [-0.15, -0.1) is 0 Å². The van der Waals surface area contributed by atoms with Gasteiger partial charge in [-0.3, -0.25) is 4.79 Å². The van der Waals surface area contributed by atoms with Gasteiger partial charge in [0.25, 0.3) is 5.91 Å². The van der Waals surface area contributed by atoms with E-state index in [-0.39, 0.29) is 5.91 Å². The van der Waals surface area contributed by atoms with Crippen molar-refractivity contribution >= 4 is 29.1 Å². The van der Waals surface area contributed by atoms with Crippen molar-refractivity contribution in [2.75, 3.05) is 23.3 Å². The van der Waals surface area contributed by atoms with E-state index in [1.54, 1.807) is 24.4 Å². The van der Waals surface area contributed by atoms with Crippen LogP contribution in [-0.2, 0) is 0 Å². The molecule has 0 radical (unpaired) electrons. The average Bonchev–Trinajstić information content (AvgIpc) is 2.52. The quantitative estimate of drug-likeness (QED) is 0.916. The zero-order valence-corrected chi connectivity index (χ0v) is 13.7. The van der Waals surface area contributed by atoms with Crippen LogP contribution >= 0.6 is 11.6 Å². The number of carbonyl (C=O) groups excluding carboxylic acids is 1. The Labute approximate surface area is 135 Å². The Hall–Kier alpha value is -2.14. The Morgan fingerprint density at radius 2 is 2.00 bits per heavy atom. The molecule has 6 heteroatoms. The molecule has 22 heavy (non-hydrogen) atoms. The molecule has 0 aliphatic carbocycles. The predicted molar refractivity (Wildman–Crippen MR) is 89.7 cm³/mol. The number of rotatable bonds is 5. The van der Waals surface area contributed by atoms with Crippen molar-refractivity contribution in [1.82, 2.24) is 9.97 Å². The smallest absolute Gasteiger partial charge is 0.274 e. The van der Waals surface area contributed by atoms with Crippen molar-refractivity contribution in [3.8, 4) is 0 Å². The summed E-state index contributed by atoms with van der Waals surface area (Å²) in [6.07, 6.45) is 1.60. The monoisotopic (exact) mass is 318 g/mol. The number of aryl methyl sites for hydroxylation is 1. The third-order valence-corrected chi connectivity index (χ3v) is 3.60. The molecule has 1 N–H and O–H groups in total. The van der Waals surface area contributed by atoms with E-state index in [0.29, 0.717) is 22.4 Å². The molecule has 2 rings (SSSR count). The van der Waals surface area contributed by atoms with E-state index >= 15 is 0 Å². The lowest BCUT2D eigenvalue weighted by atomic mass is 10.2. The van der Waals surface area contributed by atoms with E-state index in [1.807, 2.05) is 31.7 Å². The first kappa shape index (κ1) is 16.2. The molecule has 1 aromatic carbocycles. The third-order valence-electron chi connectivity index (χ3n) is 3.37. The fourth-order valence-corrected chi connectivity index (χ4v) is 2.22. The largest absolute Gasteiger partial charge is 0.341 e. The van der Waals surface area contributed by atoms with Gasteiger partial charge in [-0.2, -0.15) is 0 Å². The number of aromatic nitrogens is 2. The highest BCUT2D eigenvalue weighted by Gasteiger charge is 2.13. The van der Waals surface area contributed by atoms with Crippen LogP contribution in [0.2, 0.25) is 5.02 Å². The van der Waals surface area contributed by atoms with Crippen molar-refractivity contribution < 1.29 is 4.79 Å². The van der Waals surface area contributed by atoms with Crippen LogP contribution in [0, 0.1) is 6.92 Å². The molecular formula is C16H19ClN4O. The van der Waals surface area contributed by atoms with E-state index in [2.05, 4.69) is 15.3 Å². The van der Waals surface area contributed by atoms with Crippen molar-refractivity contribution in [3.05, 3.63) is 46.7 Å². The van der Waals surface area contributed by atoms with Gasteiger partial charge in [0.05, 0.1) is 0 Å². The Balaban J connectivity index is 2.23. The number of hydrogen-bond acceptors (Lipinski definition) is 4. The maximum atomic E-state index is 12.4. The molecule has 0 bridgehead atoms. The summed E-state index contributed by atoms with van der Waals surface area (Å²) in [6, 6.07) is 6.97. The Kier molecular flexibility index (Phi) is 5.33. The standard InChI is InChI=1S/C16H19ClN4O/c1-4-21(5-2)16-18-9-8-13(20-16)15(22)19-14-10-12(17)7-6-11(14)3/h6-10H,4-5H2,1-3H3,(H,19,22). The summed E-state index contributed by atoms with van der Waals surface area (Å²) in [5, 5.41) is 3.41. The van der Waals surface area contributed by atoms with Crippen LogP contribution in [0.3, 0.4) is 0 Å². The SMILES string of the molecule is CCN(CC)c1nccc(C(=O)Nc2cc(Cl)ccc2C)n1. The van der Waals surface area contributed by atoms with E-state index in [9.17, 15) is 4.79 Å². The molecular weight excluding hydrogens is 300 g/mol. The fourth-order valence-electron chi connectivity index (χ4n) is 2.05. The summed E-state index contributed by atoms with van der Waals surface area (Å²) in [5.41, 5.74) is 1.95. The van der Waals surface area contributed by atoms with Crippen LogP contribution < -0.4 is 10.2 Å². The van der Waals surface area contributed by atoms with Gasteiger partial charge in [0.1, 0.15) is 5.69 Å². The maximum Gasteiger partial charge on any atom is 0.274 e. The topological polar surface area (TPSA) is 58.1 Å². The number of anilines is 2. The number of amides is 1. The number of hydrogen-bond donors (Lipinski definition) is 1. The molecule has 0 unspecified atom stereocenters. The third kappa shape index (κ3) is 3.74. The highest BCUT2D eigenvalue weighted by molar-refractivity contribution is 6.31. The summed E-state index contributed by atoms with van der Waals surface area (Å²) in [7, 11) is 0. The molecule has 0 spiro atoms. The van der Waals surface area contributed by atoms with E-state index in [4.69, 9.17) is 11.6 Å². The van der Waals surface area contributed by atoms with Crippen LogP contribution in [0.4, 0.5) is 11.6 Å². The normalized spacial score (nSPS) is 10.4.